The lowest BCUT2D eigenvalue weighted by Crippen LogP contribution is -2.19. The molecule has 108 valence electrons. The van der Waals surface area contributed by atoms with E-state index in [1.807, 2.05) is 32.2 Å². The third kappa shape index (κ3) is 4.03. The van der Waals surface area contributed by atoms with Gasteiger partial charge < -0.3 is 10.1 Å². The molecule has 0 aromatic carbocycles. The van der Waals surface area contributed by atoms with E-state index in [-0.39, 0.29) is 0 Å². The molecule has 2 heterocycles. The lowest BCUT2D eigenvalue weighted by molar-refractivity contribution is 0.408. The molecule has 0 aliphatic carbocycles. The van der Waals surface area contributed by atoms with Crippen LogP contribution in [0.15, 0.2) is 18.2 Å². The van der Waals surface area contributed by atoms with Crippen molar-refractivity contribution < 1.29 is 4.74 Å². The topological polar surface area (TPSA) is 64.9 Å². The maximum Gasteiger partial charge on any atom is 0.240 e. The molecule has 6 nitrogen and oxygen atoms in total. The van der Waals surface area contributed by atoms with Crippen LogP contribution < -0.4 is 10.1 Å². The first-order valence-electron chi connectivity index (χ1n) is 6.76. The van der Waals surface area contributed by atoms with Gasteiger partial charge in [-0.05, 0) is 25.5 Å². The summed E-state index contributed by atoms with van der Waals surface area (Å²) in [6.07, 6.45) is 0. The third-order valence-corrected chi connectivity index (χ3v) is 2.72. The zero-order valence-electron chi connectivity index (χ0n) is 12.4. The summed E-state index contributed by atoms with van der Waals surface area (Å²) in [5.41, 5.74) is 1.81. The van der Waals surface area contributed by atoms with Gasteiger partial charge in [-0.3, -0.25) is 0 Å². The molecule has 0 atom stereocenters. The molecule has 0 spiro atoms. The van der Waals surface area contributed by atoms with Crippen LogP contribution in [-0.2, 0) is 13.6 Å². The van der Waals surface area contributed by atoms with E-state index in [1.54, 1.807) is 4.68 Å². The van der Waals surface area contributed by atoms with Gasteiger partial charge in [-0.2, -0.15) is 10.2 Å². The molecule has 0 radical (unpaired) electrons. The molecule has 0 unspecified atom stereocenters. The quantitative estimate of drug-likeness (QED) is 0.874. The van der Waals surface area contributed by atoms with Crippen LogP contribution >= 0.6 is 0 Å². The molecule has 0 saturated carbocycles. The summed E-state index contributed by atoms with van der Waals surface area (Å²) in [7, 11) is 1.83. The number of ether oxygens (including phenoxy) is 1. The highest BCUT2D eigenvalue weighted by atomic mass is 16.5. The van der Waals surface area contributed by atoms with E-state index < -0.39 is 0 Å². The lowest BCUT2D eigenvalue weighted by atomic mass is 10.2. The van der Waals surface area contributed by atoms with E-state index in [1.165, 1.54) is 0 Å². The standard InChI is InChI=1S/C14H21N5O/c1-10(2)8-15-9-12-5-6-13(17-16-12)20-14-7-11(3)18-19(14)4/h5-7,10,15H,8-9H2,1-4H3. The van der Waals surface area contributed by atoms with Crippen molar-refractivity contribution in [2.45, 2.75) is 27.3 Å². The van der Waals surface area contributed by atoms with E-state index in [9.17, 15) is 0 Å². The van der Waals surface area contributed by atoms with Crippen LogP contribution in [0.5, 0.6) is 11.8 Å². The summed E-state index contributed by atoms with van der Waals surface area (Å²) in [4.78, 5) is 0. The fraction of sp³-hybridized carbons (Fsp3) is 0.500. The van der Waals surface area contributed by atoms with Crippen LogP contribution in [0, 0.1) is 12.8 Å². The molecule has 0 saturated heterocycles. The van der Waals surface area contributed by atoms with Crippen molar-refractivity contribution in [3.05, 3.63) is 29.6 Å². The average Bonchev–Trinajstić information content (AvgIpc) is 2.69. The van der Waals surface area contributed by atoms with Crippen molar-refractivity contribution in [1.82, 2.24) is 25.3 Å². The maximum absolute atomic E-state index is 5.63. The molecule has 0 amide bonds. The summed E-state index contributed by atoms with van der Waals surface area (Å²) in [5, 5.41) is 15.8. The van der Waals surface area contributed by atoms with Gasteiger partial charge in [-0.1, -0.05) is 13.8 Å². The van der Waals surface area contributed by atoms with Gasteiger partial charge >= 0.3 is 0 Å². The first-order chi connectivity index (χ1) is 9.54. The van der Waals surface area contributed by atoms with Crippen LogP contribution in [0.1, 0.15) is 25.2 Å². The minimum absolute atomic E-state index is 0.473. The molecule has 20 heavy (non-hydrogen) atoms. The number of hydrogen-bond acceptors (Lipinski definition) is 5. The summed E-state index contributed by atoms with van der Waals surface area (Å²) < 4.78 is 7.31. The number of nitrogens with zero attached hydrogens (tertiary/aromatic N) is 4. The highest BCUT2D eigenvalue weighted by Gasteiger charge is 2.06. The zero-order chi connectivity index (χ0) is 14.5. The number of hydrogen-bond donors (Lipinski definition) is 1. The van der Waals surface area contributed by atoms with Crippen LogP contribution in [0.25, 0.3) is 0 Å². The van der Waals surface area contributed by atoms with Crippen LogP contribution in [-0.4, -0.2) is 26.5 Å². The summed E-state index contributed by atoms with van der Waals surface area (Å²) >= 11 is 0. The highest BCUT2D eigenvalue weighted by molar-refractivity contribution is 5.21. The molecule has 2 aromatic rings. The predicted molar refractivity (Wildman–Crippen MR) is 76.6 cm³/mol. The van der Waals surface area contributed by atoms with Gasteiger partial charge in [-0.25, -0.2) is 4.68 Å². The van der Waals surface area contributed by atoms with Crippen molar-refractivity contribution >= 4 is 0 Å². The molecule has 2 aromatic heterocycles. The van der Waals surface area contributed by atoms with Gasteiger partial charge in [0.15, 0.2) is 0 Å². The Labute approximate surface area is 119 Å². The SMILES string of the molecule is Cc1cc(Oc2ccc(CNCC(C)C)nn2)n(C)n1. The first kappa shape index (κ1) is 14.5. The van der Waals surface area contributed by atoms with Crippen molar-refractivity contribution in [2.24, 2.45) is 13.0 Å². The molecular formula is C14H21N5O. The second kappa shape index (κ2) is 6.47. The van der Waals surface area contributed by atoms with Gasteiger partial charge in [0, 0.05) is 25.7 Å². The first-order valence-corrected chi connectivity index (χ1v) is 6.76. The molecule has 2 rings (SSSR count). The van der Waals surface area contributed by atoms with E-state index in [2.05, 4.69) is 34.5 Å². The Bertz CT molecular complexity index is 547. The largest absolute Gasteiger partial charge is 0.419 e. The highest BCUT2D eigenvalue weighted by Crippen LogP contribution is 2.18. The lowest BCUT2D eigenvalue weighted by Gasteiger charge is -2.07. The van der Waals surface area contributed by atoms with Gasteiger partial charge in [0.25, 0.3) is 0 Å². The Kier molecular flexibility index (Phi) is 4.68. The summed E-state index contributed by atoms with van der Waals surface area (Å²) in [6.45, 7) is 7.95. The van der Waals surface area contributed by atoms with Crippen LogP contribution in [0.4, 0.5) is 0 Å². The molecular weight excluding hydrogens is 254 g/mol. The average molecular weight is 275 g/mol. The van der Waals surface area contributed by atoms with E-state index in [0.717, 1.165) is 24.5 Å². The molecule has 0 bridgehead atoms. The van der Waals surface area contributed by atoms with Gasteiger partial charge in [-0.15, -0.1) is 5.10 Å². The van der Waals surface area contributed by atoms with Crippen molar-refractivity contribution in [3.8, 4) is 11.8 Å². The Balaban J connectivity index is 1.93. The van der Waals surface area contributed by atoms with Crippen molar-refractivity contribution in [3.63, 3.8) is 0 Å². The fourth-order valence-electron chi connectivity index (χ4n) is 1.77. The van der Waals surface area contributed by atoms with E-state index >= 15 is 0 Å². The smallest absolute Gasteiger partial charge is 0.240 e. The Morgan fingerprint density at radius 1 is 1.30 bits per heavy atom. The molecule has 6 heteroatoms. The van der Waals surface area contributed by atoms with Crippen molar-refractivity contribution in [2.75, 3.05) is 6.54 Å². The number of aromatic nitrogens is 4. The number of rotatable bonds is 6. The third-order valence-electron chi connectivity index (χ3n) is 2.72. The Morgan fingerprint density at radius 2 is 2.10 bits per heavy atom. The molecule has 0 aliphatic heterocycles. The normalized spacial score (nSPS) is 11.1. The molecule has 0 aliphatic rings. The zero-order valence-corrected chi connectivity index (χ0v) is 12.4. The number of aryl methyl sites for hydroxylation is 2. The summed E-state index contributed by atoms with van der Waals surface area (Å²) in [6, 6.07) is 5.60. The Hall–Kier alpha value is -1.95. The van der Waals surface area contributed by atoms with E-state index in [4.69, 9.17) is 4.74 Å². The monoisotopic (exact) mass is 275 g/mol. The summed E-state index contributed by atoms with van der Waals surface area (Å²) in [5.74, 6) is 1.75. The fourth-order valence-corrected chi connectivity index (χ4v) is 1.77. The number of nitrogens with one attached hydrogen (secondary N) is 1. The Morgan fingerprint density at radius 3 is 2.65 bits per heavy atom. The van der Waals surface area contributed by atoms with E-state index in [0.29, 0.717) is 17.7 Å². The maximum atomic E-state index is 5.63. The van der Waals surface area contributed by atoms with Crippen molar-refractivity contribution in [1.29, 1.82) is 0 Å². The molecule has 0 fully saturated rings. The second-order valence-corrected chi connectivity index (χ2v) is 5.24. The van der Waals surface area contributed by atoms with Crippen LogP contribution in [0.2, 0.25) is 0 Å². The van der Waals surface area contributed by atoms with Crippen LogP contribution in [0.3, 0.4) is 0 Å². The minimum atomic E-state index is 0.473. The van der Waals surface area contributed by atoms with Gasteiger partial charge in [0.2, 0.25) is 11.8 Å². The van der Waals surface area contributed by atoms with Gasteiger partial charge in [0.1, 0.15) is 0 Å². The second-order valence-electron chi connectivity index (χ2n) is 5.24. The molecule has 1 N–H and O–H groups in total. The van der Waals surface area contributed by atoms with Gasteiger partial charge in [0.05, 0.1) is 11.4 Å². The minimum Gasteiger partial charge on any atom is -0.419 e. The predicted octanol–water partition coefficient (Wildman–Crippen LogP) is 2.06.